The Labute approximate surface area is 211 Å². The van der Waals surface area contributed by atoms with Crippen LogP contribution in [0.5, 0.6) is 11.5 Å². The van der Waals surface area contributed by atoms with Crippen molar-refractivity contribution in [3.05, 3.63) is 83.4 Å². The number of amides is 2. The standard InChI is InChI=1S/C28H31ClN2O4/c1-3-4-5-10-19-34-25-13-8-6-11-23(25)28(33)31-22-17-15-21(16-18-22)30-27(32)20(2)35-26-14-9-7-12-24(26)29/h6-9,11-18,20H,3-5,10,19H2,1-2H3,(H,30,32)(H,31,33). The van der Waals surface area contributed by atoms with Crippen molar-refractivity contribution in [3.63, 3.8) is 0 Å². The second-order valence-electron chi connectivity index (χ2n) is 8.12. The SMILES string of the molecule is CCCCCCOc1ccccc1C(=O)Nc1ccc(NC(=O)C(C)Oc2ccccc2Cl)cc1. The minimum atomic E-state index is -0.743. The zero-order valence-electron chi connectivity index (χ0n) is 20.1. The minimum Gasteiger partial charge on any atom is -0.493 e. The van der Waals surface area contributed by atoms with E-state index in [0.29, 0.717) is 40.1 Å². The van der Waals surface area contributed by atoms with Gasteiger partial charge in [-0.1, -0.05) is 62.1 Å². The fraction of sp³-hybridized carbons (Fsp3) is 0.286. The zero-order chi connectivity index (χ0) is 25.0. The molecule has 184 valence electrons. The topological polar surface area (TPSA) is 76.7 Å². The van der Waals surface area contributed by atoms with Gasteiger partial charge < -0.3 is 20.1 Å². The fourth-order valence-corrected chi connectivity index (χ4v) is 3.53. The van der Waals surface area contributed by atoms with Gasteiger partial charge in [-0.3, -0.25) is 9.59 Å². The second-order valence-corrected chi connectivity index (χ2v) is 8.52. The lowest BCUT2D eigenvalue weighted by Crippen LogP contribution is -2.30. The lowest BCUT2D eigenvalue weighted by atomic mass is 10.1. The molecule has 6 nitrogen and oxygen atoms in total. The number of halogens is 1. The molecule has 3 aromatic carbocycles. The Balaban J connectivity index is 1.54. The van der Waals surface area contributed by atoms with Crippen LogP contribution < -0.4 is 20.1 Å². The summed E-state index contributed by atoms with van der Waals surface area (Å²) >= 11 is 6.09. The molecular weight excluding hydrogens is 464 g/mol. The summed E-state index contributed by atoms with van der Waals surface area (Å²) in [6.45, 7) is 4.40. The number of unbranched alkanes of at least 4 members (excludes halogenated alkanes) is 3. The van der Waals surface area contributed by atoms with Crippen LogP contribution in [0.4, 0.5) is 11.4 Å². The molecule has 3 aromatic rings. The molecule has 0 heterocycles. The maximum Gasteiger partial charge on any atom is 0.265 e. The first-order valence-corrected chi connectivity index (χ1v) is 12.2. The van der Waals surface area contributed by atoms with E-state index in [1.54, 1.807) is 67.6 Å². The summed E-state index contributed by atoms with van der Waals surface area (Å²) in [6.07, 6.45) is 3.66. The summed E-state index contributed by atoms with van der Waals surface area (Å²) in [5.41, 5.74) is 1.66. The normalized spacial score (nSPS) is 11.4. The van der Waals surface area contributed by atoms with Crippen LogP contribution in [0.15, 0.2) is 72.8 Å². The van der Waals surface area contributed by atoms with Crippen molar-refractivity contribution in [2.24, 2.45) is 0 Å². The molecule has 0 aliphatic rings. The Morgan fingerprint density at radius 3 is 2.14 bits per heavy atom. The minimum absolute atomic E-state index is 0.257. The summed E-state index contributed by atoms with van der Waals surface area (Å²) in [5.74, 6) is 0.442. The Hall–Kier alpha value is -3.51. The van der Waals surface area contributed by atoms with Crippen molar-refractivity contribution in [2.45, 2.75) is 45.6 Å². The molecule has 0 saturated heterocycles. The van der Waals surface area contributed by atoms with Crippen LogP contribution in [-0.4, -0.2) is 24.5 Å². The predicted molar refractivity (Wildman–Crippen MR) is 141 cm³/mol. The lowest BCUT2D eigenvalue weighted by molar-refractivity contribution is -0.122. The highest BCUT2D eigenvalue weighted by Crippen LogP contribution is 2.25. The maximum atomic E-state index is 12.8. The predicted octanol–water partition coefficient (Wildman–Crippen LogP) is 6.96. The number of carbonyl (C=O) groups is 2. The highest BCUT2D eigenvalue weighted by atomic mass is 35.5. The van der Waals surface area contributed by atoms with E-state index in [2.05, 4.69) is 17.6 Å². The highest BCUT2D eigenvalue weighted by molar-refractivity contribution is 6.32. The number of hydrogen-bond donors (Lipinski definition) is 2. The van der Waals surface area contributed by atoms with Crippen LogP contribution in [0.3, 0.4) is 0 Å². The lowest BCUT2D eigenvalue weighted by Gasteiger charge is -2.16. The number of rotatable bonds is 12. The van der Waals surface area contributed by atoms with Crippen molar-refractivity contribution in [1.82, 2.24) is 0 Å². The smallest absolute Gasteiger partial charge is 0.265 e. The van der Waals surface area contributed by atoms with Crippen LogP contribution in [0.1, 0.15) is 49.9 Å². The monoisotopic (exact) mass is 494 g/mol. The summed E-state index contributed by atoms with van der Waals surface area (Å²) in [7, 11) is 0. The van der Waals surface area contributed by atoms with E-state index < -0.39 is 6.10 Å². The Kier molecular flexibility index (Phi) is 9.99. The molecule has 0 radical (unpaired) electrons. The maximum absolute atomic E-state index is 12.8. The third-order valence-electron chi connectivity index (χ3n) is 5.31. The molecule has 0 aromatic heterocycles. The Morgan fingerprint density at radius 2 is 1.46 bits per heavy atom. The summed E-state index contributed by atoms with van der Waals surface area (Å²) in [6, 6.07) is 21.1. The Morgan fingerprint density at radius 1 is 0.829 bits per heavy atom. The molecule has 0 saturated carbocycles. The first kappa shape index (κ1) is 26.1. The van der Waals surface area contributed by atoms with E-state index in [9.17, 15) is 9.59 Å². The number of para-hydroxylation sites is 2. The quantitative estimate of drug-likeness (QED) is 0.267. The van der Waals surface area contributed by atoms with Crippen LogP contribution in [0, 0.1) is 0 Å². The molecule has 3 rings (SSSR count). The third-order valence-corrected chi connectivity index (χ3v) is 5.62. The molecule has 2 N–H and O–H groups in total. The van der Waals surface area contributed by atoms with Crippen molar-refractivity contribution in [2.75, 3.05) is 17.2 Å². The number of anilines is 2. The van der Waals surface area contributed by atoms with Crippen LogP contribution >= 0.6 is 11.6 Å². The molecule has 0 aliphatic carbocycles. The van der Waals surface area contributed by atoms with E-state index in [4.69, 9.17) is 21.1 Å². The van der Waals surface area contributed by atoms with Crippen LogP contribution in [0.25, 0.3) is 0 Å². The molecular formula is C28H31ClN2O4. The van der Waals surface area contributed by atoms with E-state index in [-0.39, 0.29) is 11.8 Å². The zero-order valence-corrected chi connectivity index (χ0v) is 20.8. The van der Waals surface area contributed by atoms with Crippen molar-refractivity contribution in [3.8, 4) is 11.5 Å². The van der Waals surface area contributed by atoms with Gasteiger partial charge >= 0.3 is 0 Å². The molecule has 0 fully saturated rings. The largest absolute Gasteiger partial charge is 0.493 e. The van der Waals surface area contributed by atoms with Crippen molar-refractivity contribution < 1.29 is 19.1 Å². The number of hydrogen-bond acceptors (Lipinski definition) is 4. The molecule has 7 heteroatoms. The first-order valence-electron chi connectivity index (χ1n) is 11.8. The van der Waals surface area contributed by atoms with Gasteiger partial charge in [0, 0.05) is 11.4 Å². The van der Waals surface area contributed by atoms with Gasteiger partial charge in [0.15, 0.2) is 6.10 Å². The van der Waals surface area contributed by atoms with Gasteiger partial charge in [0.25, 0.3) is 11.8 Å². The molecule has 2 amide bonds. The second kappa shape index (κ2) is 13.4. The average molecular weight is 495 g/mol. The van der Waals surface area contributed by atoms with Gasteiger partial charge in [0.05, 0.1) is 17.2 Å². The number of carbonyl (C=O) groups excluding carboxylic acids is 2. The molecule has 1 unspecified atom stereocenters. The van der Waals surface area contributed by atoms with E-state index in [0.717, 1.165) is 19.3 Å². The first-order chi connectivity index (χ1) is 17.0. The Bertz CT molecular complexity index is 1120. The molecule has 1 atom stereocenters. The summed E-state index contributed by atoms with van der Waals surface area (Å²) in [5, 5.41) is 6.12. The van der Waals surface area contributed by atoms with Crippen molar-refractivity contribution in [1.29, 1.82) is 0 Å². The molecule has 0 spiro atoms. The van der Waals surface area contributed by atoms with Gasteiger partial charge in [-0.25, -0.2) is 0 Å². The fourth-order valence-electron chi connectivity index (χ4n) is 3.35. The number of nitrogens with one attached hydrogen (secondary N) is 2. The van der Waals surface area contributed by atoms with E-state index in [1.165, 1.54) is 6.42 Å². The van der Waals surface area contributed by atoms with Crippen LogP contribution in [0.2, 0.25) is 5.02 Å². The highest BCUT2D eigenvalue weighted by Gasteiger charge is 2.17. The van der Waals surface area contributed by atoms with Gasteiger partial charge in [-0.2, -0.15) is 0 Å². The molecule has 0 bridgehead atoms. The summed E-state index contributed by atoms with van der Waals surface area (Å²) in [4.78, 5) is 25.3. The van der Waals surface area contributed by atoms with Gasteiger partial charge in [-0.15, -0.1) is 0 Å². The average Bonchev–Trinajstić information content (AvgIpc) is 2.86. The van der Waals surface area contributed by atoms with E-state index in [1.807, 2.05) is 12.1 Å². The van der Waals surface area contributed by atoms with Crippen molar-refractivity contribution >= 4 is 34.8 Å². The van der Waals surface area contributed by atoms with Gasteiger partial charge in [0.1, 0.15) is 11.5 Å². The van der Waals surface area contributed by atoms with Gasteiger partial charge in [0.2, 0.25) is 0 Å². The summed E-state index contributed by atoms with van der Waals surface area (Å²) < 4.78 is 11.5. The third kappa shape index (κ3) is 8.04. The van der Waals surface area contributed by atoms with Crippen LogP contribution in [-0.2, 0) is 4.79 Å². The molecule has 0 aliphatic heterocycles. The van der Waals surface area contributed by atoms with Gasteiger partial charge in [-0.05, 0) is 61.9 Å². The van der Waals surface area contributed by atoms with E-state index >= 15 is 0 Å². The molecule has 35 heavy (non-hydrogen) atoms. The number of ether oxygens (including phenoxy) is 2. The number of benzene rings is 3.